The van der Waals surface area contributed by atoms with Crippen molar-refractivity contribution in [2.24, 2.45) is 5.92 Å². The highest BCUT2D eigenvalue weighted by atomic mass is 16.5. The maximum absolute atomic E-state index is 12.6. The summed E-state index contributed by atoms with van der Waals surface area (Å²) in [6.07, 6.45) is 2.76. The van der Waals surface area contributed by atoms with Crippen molar-refractivity contribution >= 4 is 22.9 Å². The molecule has 1 atom stereocenters. The van der Waals surface area contributed by atoms with Crippen molar-refractivity contribution in [3.63, 3.8) is 0 Å². The Hall–Kier alpha value is -3.02. The predicted octanol–water partition coefficient (Wildman–Crippen LogP) is 3.15. The molecular weight excluding hydrogens is 352 g/mol. The number of nitrogens with zero attached hydrogens (tertiary/aromatic N) is 2. The van der Waals surface area contributed by atoms with Crippen molar-refractivity contribution in [1.29, 1.82) is 0 Å². The van der Waals surface area contributed by atoms with Gasteiger partial charge < -0.3 is 19.9 Å². The summed E-state index contributed by atoms with van der Waals surface area (Å²) in [5, 5.41) is 3.10. The topological polar surface area (TPSA) is 70.2 Å². The standard InChI is InChI=1S/C22H26N4O2/c1-28-18-9-10-19-20(14-18)25-22(24-19)26-13-5-8-17(15-26)21(27)23-12-11-16-6-3-2-4-7-16/h2-4,6-7,9-10,14,17H,5,8,11-13,15H2,1H3,(H,23,27)(H,24,25). The summed E-state index contributed by atoms with van der Waals surface area (Å²) in [4.78, 5) is 22.9. The van der Waals surface area contributed by atoms with Gasteiger partial charge in [-0.2, -0.15) is 0 Å². The summed E-state index contributed by atoms with van der Waals surface area (Å²) >= 11 is 0. The minimum Gasteiger partial charge on any atom is -0.497 e. The monoisotopic (exact) mass is 378 g/mol. The molecule has 3 aromatic rings. The van der Waals surface area contributed by atoms with Crippen molar-refractivity contribution < 1.29 is 9.53 Å². The van der Waals surface area contributed by atoms with E-state index in [1.165, 1.54) is 5.56 Å². The van der Waals surface area contributed by atoms with Gasteiger partial charge in [-0.25, -0.2) is 4.98 Å². The quantitative estimate of drug-likeness (QED) is 0.691. The average Bonchev–Trinajstić information content (AvgIpc) is 3.18. The molecule has 4 rings (SSSR count). The van der Waals surface area contributed by atoms with E-state index in [4.69, 9.17) is 9.72 Å². The van der Waals surface area contributed by atoms with Crippen LogP contribution in [0, 0.1) is 5.92 Å². The maximum Gasteiger partial charge on any atom is 0.224 e. The van der Waals surface area contributed by atoms with Gasteiger partial charge in [0.2, 0.25) is 11.9 Å². The number of aromatic nitrogens is 2. The Morgan fingerprint density at radius 2 is 2.14 bits per heavy atom. The Bertz CT molecular complexity index is 938. The zero-order chi connectivity index (χ0) is 19.3. The van der Waals surface area contributed by atoms with Gasteiger partial charge in [-0.05, 0) is 37.0 Å². The van der Waals surface area contributed by atoms with Crippen LogP contribution in [-0.2, 0) is 11.2 Å². The fraction of sp³-hybridized carbons (Fsp3) is 0.364. The Labute approximate surface area is 164 Å². The molecule has 0 bridgehead atoms. The second kappa shape index (κ2) is 8.33. The van der Waals surface area contributed by atoms with Crippen molar-refractivity contribution in [1.82, 2.24) is 15.3 Å². The molecule has 1 saturated heterocycles. The number of ether oxygens (including phenoxy) is 1. The van der Waals surface area contributed by atoms with Crippen LogP contribution in [0.25, 0.3) is 11.0 Å². The molecule has 28 heavy (non-hydrogen) atoms. The van der Waals surface area contributed by atoms with Gasteiger partial charge in [0.15, 0.2) is 0 Å². The molecule has 2 aromatic carbocycles. The number of amides is 1. The highest BCUT2D eigenvalue weighted by Gasteiger charge is 2.27. The first-order valence-electron chi connectivity index (χ1n) is 9.83. The number of nitrogens with one attached hydrogen (secondary N) is 2. The number of methoxy groups -OCH3 is 1. The highest BCUT2D eigenvalue weighted by molar-refractivity contribution is 5.81. The maximum atomic E-state index is 12.6. The Kier molecular flexibility index (Phi) is 5.46. The third kappa shape index (κ3) is 4.11. The van der Waals surface area contributed by atoms with Gasteiger partial charge in [-0.3, -0.25) is 4.79 Å². The highest BCUT2D eigenvalue weighted by Crippen LogP contribution is 2.25. The number of carbonyl (C=O) groups excluding carboxylic acids is 1. The molecule has 6 nitrogen and oxygen atoms in total. The number of fused-ring (bicyclic) bond motifs is 1. The van der Waals surface area contributed by atoms with Crippen LogP contribution < -0.4 is 15.0 Å². The number of carbonyl (C=O) groups is 1. The summed E-state index contributed by atoms with van der Waals surface area (Å²) in [6.45, 7) is 2.27. The first kappa shape index (κ1) is 18.3. The van der Waals surface area contributed by atoms with Crippen LogP contribution >= 0.6 is 0 Å². The molecule has 146 valence electrons. The molecule has 0 radical (unpaired) electrons. The lowest BCUT2D eigenvalue weighted by Crippen LogP contribution is -2.43. The molecule has 6 heteroatoms. The molecule has 2 heterocycles. The van der Waals surface area contributed by atoms with Crippen molar-refractivity contribution in [3.05, 3.63) is 54.1 Å². The Balaban J connectivity index is 1.36. The largest absolute Gasteiger partial charge is 0.497 e. The molecule has 1 fully saturated rings. The van der Waals surface area contributed by atoms with E-state index in [0.717, 1.165) is 48.5 Å². The van der Waals surface area contributed by atoms with E-state index in [9.17, 15) is 4.79 Å². The molecule has 0 aliphatic carbocycles. The van der Waals surface area contributed by atoms with Crippen molar-refractivity contribution in [3.8, 4) is 5.75 Å². The number of hydrogen-bond donors (Lipinski definition) is 2. The molecule has 1 unspecified atom stereocenters. The number of rotatable bonds is 6. The van der Waals surface area contributed by atoms with E-state index < -0.39 is 0 Å². The van der Waals surface area contributed by atoms with Crippen LogP contribution in [0.15, 0.2) is 48.5 Å². The molecular formula is C22H26N4O2. The molecule has 1 aliphatic rings. The summed E-state index contributed by atoms with van der Waals surface area (Å²) < 4.78 is 5.28. The molecule has 1 aliphatic heterocycles. The summed E-state index contributed by atoms with van der Waals surface area (Å²) in [5.41, 5.74) is 3.10. The van der Waals surface area contributed by atoms with E-state index >= 15 is 0 Å². The van der Waals surface area contributed by atoms with Gasteiger partial charge in [-0.1, -0.05) is 30.3 Å². The Morgan fingerprint density at radius 1 is 1.29 bits per heavy atom. The van der Waals surface area contributed by atoms with E-state index in [1.54, 1.807) is 7.11 Å². The van der Waals surface area contributed by atoms with Gasteiger partial charge in [0.25, 0.3) is 0 Å². The SMILES string of the molecule is COc1ccc2nc(N3CCCC(C(=O)NCCc4ccccc4)C3)[nH]c2c1. The van der Waals surface area contributed by atoms with Crippen LogP contribution in [0.2, 0.25) is 0 Å². The number of aromatic amines is 1. The zero-order valence-corrected chi connectivity index (χ0v) is 16.1. The number of hydrogen-bond acceptors (Lipinski definition) is 4. The lowest BCUT2D eigenvalue weighted by molar-refractivity contribution is -0.125. The molecule has 0 saturated carbocycles. The third-order valence-corrected chi connectivity index (χ3v) is 5.32. The minimum atomic E-state index is -0.00716. The Morgan fingerprint density at radius 3 is 2.96 bits per heavy atom. The second-order valence-electron chi connectivity index (χ2n) is 7.26. The molecule has 2 N–H and O–H groups in total. The van der Waals surface area contributed by atoms with Gasteiger partial charge >= 0.3 is 0 Å². The van der Waals surface area contributed by atoms with Crippen LogP contribution in [0.3, 0.4) is 0 Å². The van der Waals surface area contributed by atoms with Crippen molar-refractivity contribution in [2.75, 3.05) is 31.6 Å². The van der Waals surface area contributed by atoms with E-state index in [2.05, 4.69) is 27.3 Å². The van der Waals surface area contributed by atoms with E-state index in [-0.39, 0.29) is 11.8 Å². The van der Waals surface area contributed by atoms with Gasteiger partial charge in [0.05, 0.1) is 24.1 Å². The summed E-state index contributed by atoms with van der Waals surface area (Å²) in [6, 6.07) is 16.0. The molecule has 0 spiro atoms. The first-order chi connectivity index (χ1) is 13.7. The lowest BCUT2D eigenvalue weighted by Gasteiger charge is -2.31. The predicted molar refractivity (Wildman–Crippen MR) is 111 cm³/mol. The van der Waals surface area contributed by atoms with Gasteiger partial charge in [0.1, 0.15) is 5.75 Å². The van der Waals surface area contributed by atoms with E-state index in [1.807, 2.05) is 36.4 Å². The fourth-order valence-electron chi connectivity index (χ4n) is 3.75. The second-order valence-corrected chi connectivity index (χ2v) is 7.26. The van der Waals surface area contributed by atoms with Crippen LogP contribution in [-0.4, -0.2) is 42.6 Å². The van der Waals surface area contributed by atoms with Gasteiger partial charge in [0, 0.05) is 25.7 Å². The smallest absolute Gasteiger partial charge is 0.224 e. The number of H-pyrrole nitrogens is 1. The number of anilines is 1. The number of imidazole rings is 1. The minimum absolute atomic E-state index is 0.00716. The molecule has 1 amide bonds. The summed E-state index contributed by atoms with van der Waals surface area (Å²) in [7, 11) is 1.66. The number of piperidine rings is 1. The average molecular weight is 378 g/mol. The van der Waals surface area contributed by atoms with Crippen molar-refractivity contribution in [2.45, 2.75) is 19.3 Å². The normalized spacial score (nSPS) is 16.9. The molecule has 1 aromatic heterocycles. The lowest BCUT2D eigenvalue weighted by atomic mass is 9.97. The third-order valence-electron chi connectivity index (χ3n) is 5.32. The van der Waals surface area contributed by atoms with Gasteiger partial charge in [-0.15, -0.1) is 0 Å². The fourth-order valence-corrected chi connectivity index (χ4v) is 3.75. The number of benzene rings is 2. The van der Waals surface area contributed by atoms with Crippen LogP contribution in [0.1, 0.15) is 18.4 Å². The summed E-state index contributed by atoms with van der Waals surface area (Å²) in [5.74, 6) is 1.76. The van der Waals surface area contributed by atoms with Crippen LogP contribution in [0.4, 0.5) is 5.95 Å². The van der Waals surface area contributed by atoms with Crippen LogP contribution in [0.5, 0.6) is 5.75 Å². The van der Waals surface area contributed by atoms with E-state index in [0.29, 0.717) is 13.1 Å². The zero-order valence-electron chi connectivity index (χ0n) is 16.1. The first-order valence-corrected chi connectivity index (χ1v) is 9.83.